The highest BCUT2D eigenvalue weighted by Crippen LogP contribution is 2.32. The van der Waals surface area contributed by atoms with Gasteiger partial charge >= 0.3 is 5.97 Å². The molecule has 1 N–H and O–H groups in total. The second kappa shape index (κ2) is 5.60. The van der Waals surface area contributed by atoms with Crippen molar-refractivity contribution in [2.75, 3.05) is 31.6 Å². The number of carbonyl (C=O) groups excluding carboxylic acids is 1. The molecule has 114 valence electrons. The molecule has 2 atom stereocenters. The lowest BCUT2D eigenvalue weighted by atomic mass is 9.94. The van der Waals surface area contributed by atoms with Crippen molar-refractivity contribution in [1.29, 1.82) is 0 Å². The van der Waals surface area contributed by atoms with Crippen molar-refractivity contribution in [3.8, 4) is 0 Å². The van der Waals surface area contributed by atoms with E-state index in [1.54, 1.807) is 0 Å². The number of methoxy groups -OCH3 is 1. The summed E-state index contributed by atoms with van der Waals surface area (Å²) in [5.41, 5.74) is -0.148. The van der Waals surface area contributed by atoms with Crippen molar-refractivity contribution < 1.29 is 18.3 Å². The predicted octanol–water partition coefficient (Wildman–Crippen LogP) is 1.94. The molecule has 0 aromatic heterocycles. The lowest BCUT2D eigenvalue weighted by Crippen LogP contribution is -2.40. The zero-order valence-electron chi connectivity index (χ0n) is 11.9. The minimum Gasteiger partial charge on any atom is -0.465 e. The number of ether oxygens (including phenoxy) is 1. The number of nitrogens with zero attached hydrogens (tertiary/aromatic N) is 1. The fourth-order valence-corrected chi connectivity index (χ4v) is 3.29. The lowest BCUT2D eigenvalue weighted by Gasteiger charge is -2.24. The SMILES string of the molecule is COC(=O)c1ccc(N2C[C@@H]3CCCN[C@@H]3C2)c(F)c1F. The zero-order chi connectivity index (χ0) is 15.0. The number of rotatable bonds is 2. The summed E-state index contributed by atoms with van der Waals surface area (Å²) in [6, 6.07) is 3.08. The van der Waals surface area contributed by atoms with Crippen molar-refractivity contribution in [2.45, 2.75) is 18.9 Å². The average Bonchev–Trinajstić information content (AvgIpc) is 2.92. The molecular weight excluding hydrogens is 278 g/mol. The smallest absolute Gasteiger partial charge is 0.340 e. The van der Waals surface area contributed by atoms with Gasteiger partial charge in [0.2, 0.25) is 0 Å². The number of benzene rings is 1. The summed E-state index contributed by atoms with van der Waals surface area (Å²) in [7, 11) is 1.14. The van der Waals surface area contributed by atoms with E-state index in [0.717, 1.165) is 26.5 Å². The average molecular weight is 296 g/mol. The normalized spacial score (nSPS) is 24.8. The van der Waals surface area contributed by atoms with Crippen molar-refractivity contribution in [3.05, 3.63) is 29.3 Å². The number of esters is 1. The Kier molecular flexibility index (Phi) is 3.80. The minimum atomic E-state index is -1.14. The summed E-state index contributed by atoms with van der Waals surface area (Å²) in [5, 5.41) is 3.42. The number of hydrogen-bond acceptors (Lipinski definition) is 4. The van der Waals surface area contributed by atoms with Gasteiger partial charge in [0.25, 0.3) is 0 Å². The Labute approximate surface area is 122 Å². The van der Waals surface area contributed by atoms with Crippen molar-refractivity contribution in [2.24, 2.45) is 5.92 Å². The Morgan fingerprint density at radius 2 is 2.14 bits per heavy atom. The molecule has 0 bridgehead atoms. The van der Waals surface area contributed by atoms with E-state index in [9.17, 15) is 13.6 Å². The molecule has 0 radical (unpaired) electrons. The first kappa shape index (κ1) is 14.3. The molecule has 2 aliphatic rings. The molecular formula is C15H18F2N2O2. The molecule has 1 aromatic carbocycles. The maximum atomic E-state index is 14.2. The van der Waals surface area contributed by atoms with Gasteiger partial charge in [-0.2, -0.15) is 0 Å². The molecule has 6 heteroatoms. The summed E-state index contributed by atoms with van der Waals surface area (Å²) >= 11 is 0. The standard InChI is InChI=1S/C15H18F2N2O2/c1-21-15(20)10-4-5-12(14(17)13(10)16)19-7-9-3-2-6-18-11(9)8-19/h4-5,9,11,18H,2-3,6-8H2,1H3/t9-,11+/m0/s1. The molecule has 1 aromatic rings. The van der Waals surface area contributed by atoms with Crippen LogP contribution in [0.5, 0.6) is 0 Å². The van der Waals surface area contributed by atoms with Gasteiger partial charge in [-0.1, -0.05) is 0 Å². The van der Waals surface area contributed by atoms with Crippen LogP contribution in [0.1, 0.15) is 23.2 Å². The topological polar surface area (TPSA) is 41.6 Å². The molecule has 2 heterocycles. The molecule has 0 amide bonds. The fraction of sp³-hybridized carbons (Fsp3) is 0.533. The van der Waals surface area contributed by atoms with E-state index in [1.807, 2.05) is 4.90 Å². The molecule has 0 spiro atoms. The van der Waals surface area contributed by atoms with Gasteiger partial charge in [0.1, 0.15) is 0 Å². The molecule has 0 unspecified atom stereocenters. The number of piperidine rings is 1. The Morgan fingerprint density at radius 3 is 2.86 bits per heavy atom. The van der Waals surface area contributed by atoms with Gasteiger partial charge in [0.05, 0.1) is 18.4 Å². The number of nitrogens with one attached hydrogen (secondary N) is 1. The van der Waals surface area contributed by atoms with Crippen LogP contribution < -0.4 is 10.2 Å². The van der Waals surface area contributed by atoms with E-state index in [-0.39, 0.29) is 11.3 Å². The maximum Gasteiger partial charge on any atom is 0.340 e. The highest BCUT2D eigenvalue weighted by atomic mass is 19.2. The van der Waals surface area contributed by atoms with Crippen LogP contribution in [0, 0.1) is 17.6 Å². The molecule has 0 aliphatic carbocycles. The summed E-state index contributed by atoms with van der Waals surface area (Å²) in [4.78, 5) is 13.2. The van der Waals surface area contributed by atoms with E-state index in [2.05, 4.69) is 10.1 Å². The highest BCUT2D eigenvalue weighted by molar-refractivity contribution is 5.90. The van der Waals surface area contributed by atoms with Gasteiger partial charge in [0.15, 0.2) is 11.6 Å². The van der Waals surface area contributed by atoms with Crippen molar-refractivity contribution in [3.63, 3.8) is 0 Å². The van der Waals surface area contributed by atoms with Crippen LogP contribution >= 0.6 is 0 Å². The summed E-state index contributed by atoms with van der Waals surface area (Å²) < 4.78 is 32.7. The molecule has 4 nitrogen and oxygen atoms in total. The van der Waals surface area contributed by atoms with Gasteiger partial charge in [-0.3, -0.25) is 0 Å². The largest absolute Gasteiger partial charge is 0.465 e. The van der Waals surface area contributed by atoms with Crippen LogP contribution in [0.15, 0.2) is 12.1 Å². The monoisotopic (exact) mass is 296 g/mol. The number of carbonyl (C=O) groups is 1. The highest BCUT2D eigenvalue weighted by Gasteiger charge is 2.36. The fourth-order valence-electron chi connectivity index (χ4n) is 3.29. The van der Waals surface area contributed by atoms with E-state index >= 15 is 0 Å². The third-order valence-corrected chi connectivity index (χ3v) is 4.41. The molecule has 21 heavy (non-hydrogen) atoms. The first-order chi connectivity index (χ1) is 10.1. The summed E-state index contributed by atoms with van der Waals surface area (Å²) in [6.45, 7) is 2.36. The quantitative estimate of drug-likeness (QED) is 0.847. The Balaban J connectivity index is 1.86. The van der Waals surface area contributed by atoms with Crippen molar-refractivity contribution >= 4 is 11.7 Å². The Morgan fingerprint density at radius 1 is 1.33 bits per heavy atom. The Hall–Kier alpha value is -1.69. The van der Waals surface area contributed by atoms with Gasteiger partial charge < -0.3 is 15.0 Å². The summed E-state index contributed by atoms with van der Waals surface area (Å²) in [5.74, 6) is -2.50. The van der Waals surface area contributed by atoms with Crippen LogP contribution in [0.3, 0.4) is 0 Å². The second-order valence-corrected chi connectivity index (χ2v) is 5.62. The van der Waals surface area contributed by atoms with Crippen LogP contribution in [0.4, 0.5) is 14.5 Å². The van der Waals surface area contributed by atoms with Crippen molar-refractivity contribution in [1.82, 2.24) is 5.32 Å². The lowest BCUT2D eigenvalue weighted by molar-refractivity contribution is 0.0594. The van der Waals surface area contributed by atoms with E-state index in [0.29, 0.717) is 25.0 Å². The van der Waals surface area contributed by atoms with Gasteiger partial charge in [0, 0.05) is 19.1 Å². The van der Waals surface area contributed by atoms with Gasteiger partial charge in [-0.25, -0.2) is 13.6 Å². The molecule has 2 saturated heterocycles. The molecule has 2 fully saturated rings. The third-order valence-electron chi connectivity index (χ3n) is 4.41. The first-order valence-corrected chi connectivity index (χ1v) is 7.16. The first-order valence-electron chi connectivity index (χ1n) is 7.16. The molecule has 2 aliphatic heterocycles. The summed E-state index contributed by atoms with van der Waals surface area (Å²) in [6.07, 6.45) is 2.23. The predicted molar refractivity (Wildman–Crippen MR) is 74.4 cm³/mol. The van der Waals surface area contributed by atoms with Crippen LogP contribution in [0.2, 0.25) is 0 Å². The van der Waals surface area contributed by atoms with Gasteiger partial charge in [-0.15, -0.1) is 0 Å². The zero-order valence-corrected chi connectivity index (χ0v) is 11.9. The van der Waals surface area contributed by atoms with Crippen LogP contribution in [-0.4, -0.2) is 38.8 Å². The maximum absolute atomic E-state index is 14.2. The number of fused-ring (bicyclic) bond motifs is 1. The van der Waals surface area contributed by atoms with Crippen LogP contribution in [-0.2, 0) is 4.74 Å². The second-order valence-electron chi connectivity index (χ2n) is 5.62. The van der Waals surface area contributed by atoms with E-state index in [1.165, 1.54) is 12.1 Å². The Bertz CT molecular complexity index is 551. The van der Waals surface area contributed by atoms with E-state index in [4.69, 9.17) is 0 Å². The van der Waals surface area contributed by atoms with E-state index < -0.39 is 17.6 Å². The molecule has 3 rings (SSSR count). The third kappa shape index (κ3) is 2.48. The van der Waals surface area contributed by atoms with Crippen LogP contribution in [0.25, 0.3) is 0 Å². The molecule has 0 saturated carbocycles. The number of halogens is 2. The minimum absolute atomic E-state index is 0.219. The van der Waals surface area contributed by atoms with Gasteiger partial charge in [-0.05, 0) is 37.4 Å². The number of hydrogen-bond donors (Lipinski definition) is 1. The number of anilines is 1.